The van der Waals surface area contributed by atoms with Crippen LogP contribution in [0.4, 0.5) is 11.6 Å². The van der Waals surface area contributed by atoms with E-state index in [9.17, 15) is 18.0 Å². The van der Waals surface area contributed by atoms with Crippen LogP contribution in [0.5, 0.6) is 0 Å². The highest BCUT2D eigenvalue weighted by molar-refractivity contribution is 7.89. The summed E-state index contributed by atoms with van der Waals surface area (Å²) in [6.07, 6.45) is 0.931. The third-order valence-electron chi connectivity index (χ3n) is 6.43. The number of fused-ring (bicyclic) bond motifs is 2. The molecule has 0 bridgehead atoms. The first kappa shape index (κ1) is 24.6. The Bertz CT molecular complexity index is 1670. The summed E-state index contributed by atoms with van der Waals surface area (Å²) in [6.45, 7) is 5.12. The van der Waals surface area contributed by atoms with Gasteiger partial charge in [0, 0.05) is 30.4 Å². The van der Waals surface area contributed by atoms with Crippen molar-refractivity contribution in [3.63, 3.8) is 0 Å². The molecular formula is C28H27N3O5S. The Balaban J connectivity index is 1.52. The molecule has 37 heavy (non-hydrogen) atoms. The molecule has 4 aromatic rings. The number of nitrogens with zero attached hydrogens (tertiary/aromatic N) is 1. The molecule has 5 rings (SSSR count). The molecule has 1 atom stereocenters. The highest BCUT2D eigenvalue weighted by Gasteiger charge is 2.23. The van der Waals surface area contributed by atoms with E-state index >= 15 is 0 Å². The summed E-state index contributed by atoms with van der Waals surface area (Å²) in [6, 6.07) is 19.8. The van der Waals surface area contributed by atoms with Crippen LogP contribution < -0.4 is 20.4 Å². The maximum atomic E-state index is 13.2. The van der Waals surface area contributed by atoms with Crippen molar-refractivity contribution in [2.45, 2.75) is 33.0 Å². The summed E-state index contributed by atoms with van der Waals surface area (Å²) in [5.74, 6) is -0.228. The number of hydrogen-bond donors (Lipinski definition) is 2. The third kappa shape index (κ3) is 5.08. The fourth-order valence-electron chi connectivity index (χ4n) is 4.73. The van der Waals surface area contributed by atoms with Crippen LogP contribution in [-0.2, 0) is 23.1 Å². The number of hydrogen-bond acceptors (Lipinski definition) is 7. The van der Waals surface area contributed by atoms with Crippen LogP contribution in [0, 0.1) is 6.92 Å². The molecule has 0 saturated heterocycles. The second-order valence-electron chi connectivity index (χ2n) is 9.42. The van der Waals surface area contributed by atoms with E-state index in [1.165, 1.54) is 11.1 Å². The molecule has 9 heteroatoms. The minimum absolute atomic E-state index is 0.128. The van der Waals surface area contributed by atoms with Crippen LogP contribution >= 0.6 is 0 Å². The number of para-hydroxylation sites is 1. The lowest BCUT2D eigenvalue weighted by Crippen LogP contribution is -2.30. The summed E-state index contributed by atoms with van der Waals surface area (Å²) in [5, 5.41) is 3.78. The zero-order valence-corrected chi connectivity index (χ0v) is 21.6. The van der Waals surface area contributed by atoms with Gasteiger partial charge in [0.05, 0.1) is 23.2 Å². The maximum Gasteiger partial charge on any atom is 0.266 e. The van der Waals surface area contributed by atoms with Crippen LogP contribution in [0.1, 0.15) is 45.6 Å². The van der Waals surface area contributed by atoms with E-state index in [-0.39, 0.29) is 17.0 Å². The van der Waals surface area contributed by atoms with Gasteiger partial charge >= 0.3 is 0 Å². The zero-order chi connectivity index (χ0) is 26.3. The predicted octanol–water partition coefficient (Wildman–Crippen LogP) is 4.48. The number of benzene rings is 3. The number of carbonyl (C=O) groups excluding carboxylic acids is 1. The smallest absolute Gasteiger partial charge is 0.266 e. The fraction of sp³-hybridized carbons (Fsp3) is 0.214. The molecule has 2 N–H and O–H groups in total. The number of carbonyl (C=O) groups is 1. The largest absolute Gasteiger partial charge is 0.440 e. The summed E-state index contributed by atoms with van der Waals surface area (Å²) in [7, 11) is -3.72. The molecule has 0 saturated carbocycles. The first-order valence-corrected chi connectivity index (χ1v) is 13.8. The Labute approximate surface area is 215 Å². The topological polar surface area (TPSA) is 109 Å². The number of rotatable bonds is 6. The van der Waals surface area contributed by atoms with Gasteiger partial charge in [0.15, 0.2) is 5.43 Å². The van der Waals surface area contributed by atoms with Gasteiger partial charge in [-0.2, -0.15) is 0 Å². The van der Waals surface area contributed by atoms with Gasteiger partial charge in [-0.3, -0.25) is 9.59 Å². The van der Waals surface area contributed by atoms with Crippen molar-refractivity contribution in [3.05, 3.63) is 105 Å². The van der Waals surface area contributed by atoms with Gasteiger partial charge in [-0.15, -0.1) is 0 Å². The highest BCUT2D eigenvalue weighted by Crippen LogP contribution is 2.33. The van der Waals surface area contributed by atoms with E-state index in [1.807, 2.05) is 47.7 Å². The molecule has 1 aromatic heterocycles. The van der Waals surface area contributed by atoms with Crippen LogP contribution in [0.25, 0.3) is 11.0 Å². The van der Waals surface area contributed by atoms with Gasteiger partial charge in [-0.1, -0.05) is 42.5 Å². The summed E-state index contributed by atoms with van der Waals surface area (Å²) in [4.78, 5) is 27.8. The molecule has 0 unspecified atom stereocenters. The molecule has 3 aromatic carbocycles. The predicted molar refractivity (Wildman–Crippen MR) is 144 cm³/mol. The molecule has 0 spiro atoms. The van der Waals surface area contributed by atoms with E-state index in [0.29, 0.717) is 35.6 Å². The van der Waals surface area contributed by atoms with Crippen LogP contribution in [0.3, 0.4) is 0 Å². The van der Waals surface area contributed by atoms with Crippen molar-refractivity contribution < 1.29 is 17.6 Å². The van der Waals surface area contributed by atoms with Gasteiger partial charge in [-0.25, -0.2) is 13.1 Å². The Morgan fingerprint density at radius 3 is 2.32 bits per heavy atom. The molecule has 0 aliphatic carbocycles. The second kappa shape index (κ2) is 9.40. The molecule has 1 amide bonds. The van der Waals surface area contributed by atoms with Crippen molar-refractivity contribution in [1.82, 2.24) is 4.72 Å². The van der Waals surface area contributed by atoms with E-state index in [4.69, 9.17) is 4.42 Å². The van der Waals surface area contributed by atoms with Crippen molar-refractivity contribution in [2.75, 3.05) is 16.5 Å². The Hall–Kier alpha value is -4.11. The Morgan fingerprint density at radius 2 is 1.65 bits per heavy atom. The molecule has 190 valence electrons. The van der Waals surface area contributed by atoms with E-state index in [2.05, 4.69) is 17.4 Å². The van der Waals surface area contributed by atoms with Gasteiger partial charge in [-0.05, 0) is 48.7 Å². The number of aryl methyl sites for hydroxylation is 1. The standard InChI is InChI=1S/C28H27N3O5S/c1-17-12-22(18(2)29-24-11-7-6-10-21(24)28(33)30-37(3,34)35)27-23(13-17)25(32)14-26(36-27)31-15-19-8-4-5-9-20(19)16-31/h4-14,18,29H,15-16H2,1-3H3,(H,30,33)/t18-/m1/s1. The van der Waals surface area contributed by atoms with Crippen molar-refractivity contribution in [2.24, 2.45) is 0 Å². The van der Waals surface area contributed by atoms with Crippen LogP contribution in [-0.4, -0.2) is 20.6 Å². The lowest BCUT2D eigenvalue weighted by Gasteiger charge is -2.21. The molecule has 1 aliphatic heterocycles. The highest BCUT2D eigenvalue weighted by atomic mass is 32.2. The van der Waals surface area contributed by atoms with E-state index in [1.54, 1.807) is 30.3 Å². The number of amides is 1. The van der Waals surface area contributed by atoms with Crippen molar-refractivity contribution in [1.29, 1.82) is 0 Å². The molecular weight excluding hydrogens is 490 g/mol. The minimum Gasteiger partial charge on any atom is -0.440 e. The quantitative estimate of drug-likeness (QED) is 0.388. The normalized spacial score (nSPS) is 13.9. The first-order valence-electron chi connectivity index (χ1n) is 11.9. The molecule has 1 aliphatic rings. The Kier molecular flexibility index (Phi) is 6.25. The van der Waals surface area contributed by atoms with E-state index < -0.39 is 15.9 Å². The average Bonchev–Trinajstić information content (AvgIpc) is 3.27. The second-order valence-corrected chi connectivity index (χ2v) is 11.2. The van der Waals surface area contributed by atoms with Crippen LogP contribution in [0.2, 0.25) is 0 Å². The molecule has 2 heterocycles. The van der Waals surface area contributed by atoms with Gasteiger partial charge in [0.25, 0.3) is 5.91 Å². The average molecular weight is 518 g/mol. The van der Waals surface area contributed by atoms with Gasteiger partial charge in [0.2, 0.25) is 15.9 Å². The lowest BCUT2D eigenvalue weighted by atomic mass is 10.0. The number of anilines is 2. The van der Waals surface area contributed by atoms with Gasteiger partial charge < -0.3 is 14.6 Å². The lowest BCUT2D eigenvalue weighted by molar-refractivity contribution is 0.0982. The first-order chi connectivity index (χ1) is 17.6. The van der Waals surface area contributed by atoms with E-state index in [0.717, 1.165) is 17.4 Å². The maximum absolute atomic E-state index is 13.2. The number of sulfonamides is 1. The summed E-state index contributed by atoms with van der Waals surface area (Å²) < 4.78 is 31.6. The summed E-state index contributed by atoms with van der Waals surface area (Å²) in [5.41, 5.74) is 5.05. The van der Waals surface area contributed by atoms with Gasteiger partial charge in [0.1, 0.15) is 5.58 Å². The molecule has 0 fully saturated rings. The summed E-state index contributed by atoms with van der Waals surface area (Å²) >= 11 is 0. The van der Waals surface area contributed by atoms with Crippen molar-refractivity contribution >= 4 is 38.5 Å². The Morgan fingerprint density at radius 1 is 1.00 bits per heavy atom. The number of nitrogens with one attached hydrogen (secondary N) is 2. The zero-order valence-electron chi connectivity index (χ0n) is 20.7. The molecule has 8 nitrogen and oxygen atoms in total. The van der Waals surface area contributed by atoms with Crippen LogP contribution in [0.15, 0.2) is 75.9 Å². The fourth-order valence-corrected chi connectivity index (χ4v) is 5.18. The monoisotopic (exact) mass is 517 g/mol. The third-order valence-corrected chi connectivity index (χ3v) is 6.99. The SMILES string of the molecule is Cc1cc([C@@H](C)Nc2ccccc2C(=O)NS(C)(=O)=O)c2oc(N3Cc4ccccc4C3)cc(=O)c2c1. The molecule has 0 radical (unpaired) electrons. The van der Waals surface area contributed by atoms with Crippen molar-refractivity contribution in [3.8, 4) is 0 Å². The minimum atomic E-state index is -3.72.